The van der Waals surface area contributed by atoms with Gasteiger partial charge in [0.15, 0.2) is 5.69 Å². The van der Waals surface area contributed by atoms with Crippen LogP contribution in [0, 0.1) is 0 Å². The molecule has 0 aromatic carbocycles. The molecular formula is C18H23N5O3. The number of nitrogens with zero attached hydrogens (tertiary/aromatic N) is 4. The Balaban J connectivity index is 1.42. The molecule has 8 nitrogen and oxygen atoms in total. The number of primary amides is 1. The van der Waals surface area contributed by atoms with E-state index in [2.05, 4.69) is 10.1 Å². The number of piperidine rings is 1. The highest BCUT2D eigenvalue weighted by Gasteiger charge is 2.31. The molecule has 1 saturated heterocycles. The first-order chi connectivity index (χ1) is 12.6. The van der Waals surface area contributed by atoms with Crippen molar-refractivity contribution in [2.24, 2.45) is 5.73 Å². The second kappa shape index (κ2) is 6.93. The third kappa shape index (κ3) is 3.11. The van der Waals surface area contributed by atoms with Crippen molar-refractivity contribution in [3.05, 3.63) is 35.2 Å². The van der Waals surface area contributed by atoms with Crippen molar-refractivity contribution in [1.29, 1.82) is 0 Å². The summed E-state index contributed by atoms with van der Waals surface area (Å²) in [6.07, 6.45) is 9.01. The minimum Gasteiger partial charge on any atom is -0.368 e. The van der Waals surface area contributed by atoms with Gasteiger partial charge in [0.2, 0.25) is 5.91 Å². The predicted molar refractivity (Wildman–Crippen MR) is 92.4 cm³/mol. The highest BCUT2D eigenvalue weighted by Crippen LogP contribution is 2.29. The number of likely N-dealkylation sites (tertiary alicyclic amines) is 1. The summed E-state index contributed by atoms with van der Waals surface area (Å²) < 4.78 is 7.18. The average molecular weight is 357 g/mol. The molecule has 0 saturated carbocycles. The topological polar surface area (TPSA) is 107 Å². The third-order valence-electron chi connectivity index (χ3n) is 5.37. The number of fused-ring (bicyclic) bond motifs is 1. The fraction of sp³-hybridized carbons (Fsp3) is 0.556. The average Bonchev–Trinajstić information content (AvgIpc) is 3.27. The first-order valence-corrected chi connectivity index (χ1v) is 9.19. The number of carbonyl (C=O) groups excluding carboxylic acids is 2. The number of imidazole rings is 1. The van der Waals surface area contributed by atoms with Crippen LogP contribution in [0.1, 0.15) is 59.2 Å². The van der Waals surface area contributed by atoms with Crippen molar-refractivity contribution >= 4 is 11.8 Å². The van der Waals surface area contributed by atoms with Crippen molar-refractivity contribution in [2.75, 3.05) is 13.1 Å². The normalized spacial score (nSPS) is 17.9. The second-order valence-corrected chi connectivity index (χ2v) is 7.09. The van der Waals surface area contributed by atoms with E-state index in [4.69, 9.17) is 10.3 Å². The Labute approximate surface area is 151 Å². The van der Waals surface area contributed by atoms with Gasteiger partial charge >= 0.3 is 0 Å². The van der Waals surface area contributed by atoms with Gasteiger partial charge in [-0.3, -0.25) is 9.59 Å². The molecule has 0 spiro atoms. The Kier molecular flexibility index (Phi) is 4.48. The quantitative estimate of drug-likeness (QED) is 0.886. The van der Waals surface area contributed by atoms with Crippen LogP contribution in [-0.4, -0.2) is 44.5 Å². The van der Waals surface area contributed by atoms with Gasteiger partial charge in [-0.2, -0.15) is 0 Å². The molecule has 1 aliphatic heterocycles. The first kappa shape index (κ1) is 16.8. The summed E-state index contributed by atoms with van der Waals surface area (Å²) in [6.45, 7) is 1.43. The summed E-state index contributed by atoms with van der Waals surface area (Å²) in [7, 11) is 0. The number of hydrogen-bond acceptors (Lipinski definition) is 5. The van der Waals surface area contributed by atoms with Gasteiger partial charge in [-0.1, -0.05) is 5.16 Å². The molecule has 138 valence electrons. The second-order valence-electron chi connectivity index (χ2n) is 7.09. The Morgan fingerprint density at radius 2 is 2.00 bits per heavy atom. The molecule has 0 unspecified atom stereocenters. The molecule has 8 heteroatoms. The number of carbonyl (C=O) groups is 2. The zero-order valence-corrected chi connectivity index (χ0v) is 14.7. The van der Waals surface area contributed by atoms with Crippen LogP contribution in [0.15, 0.2) is 16.9 Å². The summed E-state index contributed by atoms with van der Waals surface area (Å²) in [4.78, 5) is 30.3. The molecule has 0 radical (unpaired) electrons. The standard InChI is InChI=1S/C18H23N5O3/c19-15(24)11-23-10-7-20-17(23)12-5-8-22(9-6-12)18(25)16-13-3-1-2-4-14(13)26-21-16/h7,10,12H,1-6,8-9,11H2,(H2,19,24). The van der Waals surface area contributed by atoms with Crippen LogP contribution in [-0.2, 0) is 24.2 Å². The molecule has 2 N–H and O–H groups in total. The van der Waals surface area contributed by atoms with E-state index >= 15 is 0 Å². The molecule has 2 aromatic rings. The van der Waals surface area contributed by atoms with Crippen LogP contribution in [0.3, 0.4) is 0 Å². The van der Waals surface area contributed by atoms with Crippen molar-refractivity contribution in [3.63, 3.8) is 0 Å². The third-order valence-corrected chi connectivity index (χ3v) is 5.37. The minimum absolute atomic E-state index is 0.0316. The molecule has 4 rings (SSSR count). The van der Waals surface area contributed by atoms with Gasteiger partial charge in [-0.25, -0.2) is 4.98 Å². The lowest BCUT2D eigenvalue weighted by Gasteiger charge is -2.31. The Morgan fingerprint density at radius 1 is 1.23 bits per heavy atom. The smallest absolute Gasteiger partial charge is 0.276 e. The molecule has 2 aliphatic rings. The van der Waals surface area contributed by atoms with Gasteiger partial charge in [0, 0.05) is 43.4 Å². The monoisotopic (exact) mass is 357 g/mol. The van der Waals surface area contributed by atoms with Gasteiger partial charge in [-0.15, -0.1) is 0 Å². The van der Waals surface area contributed by atoms with E-state index < -0.39 is 0 Å². The lowest BCUT2D eigenvalue weighted by Crippen LogP contribution is -2.39. The van der Waals surface area contributed by atoms with E-state index in [1.54, 1.807) is 17.0 Å². The zero-order valence-electron chi connectivity index (χ0n) is 14.7. The highest BCUT2D eigenvalue weighted by molar-refractivity contribution is 5.94. The van der Waals surface area contributed by atoms with E-state index in [-0.39, 0.29) is 24.3 Å². The Morgan fingerprint density at radius 3 is 2.77 bits per heavy atom. The maximum atomic E-state index is 12.9. The molecule has 1 fully saturated rings. The number of nitrogens with two attached hydrogens (primary N) is 1. The lowest BCUT2D eigenvalue weighted by atomic mass is 9.94. The van der Waals surface area contributed by atoms with E-state index in [1.807, 2.05) is 4.90 Å². The van der Waals surface area contributed by atoms with E-state index in [0.29, 0.717) is 18.8 Å². The fourth-order valence-corrected chi connectivity index (χ4v) is 4.03. The molecular weight excluding hydrogens is 334 g/mol. The van der Waals surface area contributed by atoms with Crippen molar-refractivity contribution in [1.82, 2.24) is 19.6 Å². The maximum absolute atomic E-state index is 12.9. The van der Waals surface area contributed by atoms with Crippen molar-refractivity contribution in [2.45, 2.75) is 51.0 Å². The van der Waals surface area contributed by atoms with Crippen LogP contribution in [0.4, 0.5) is 0 Å². The summed E-state index contributed by atoms with van der Waals surface area (Å²) in [5.74, 6) is 1.56. The number of aromatic nitrogens is 3. The molecule has 2 aromatic heterocycles. The van der Waals surface area contributed by atoms with Crippen LogP contribution >= 0.6 is 0 Å². The van der Waals surface area contributed by atoms with Gasteiger partial charge in [0.1, 0.15) is 18.1 Å². The summed E-state index contributed by atoms with van der Waals surface area (Å²) in [6, 6.07) is 0. The van der Waals surface area contributed by atoms with Crippen LogP contribution in [0.2, 0.25) is 0 Å². The first-order valence-electron chi connectivity index (χ1n) is 9.19. The predicted octanol–water partition coefficient (Wildman–Crippen LogP) is 1.25. The van der Waals surface area contributed by atoms with Gasteiger partial charge in [0.05, 0.1) is 0 Å². The molecule has 3 heterocycles. The summed E-state index contributed by atoms with van der Waals surface area (Å²) >= 11 is 0. The summed E-state index contributed by atoms with van der Waals surface area (Å²) in [5, 5.41) is 4.05. The fourth-order valence-electron chi connectivity index (χ4n) is 4.03. The molecule has 26 heavy (non-hydrogen) atoms. The number of amides is 2. The molecule has 2 amide bonds. The molecule has 0 atom stereocenters. The van der Waals surface area contributed by atoms with Crippen LogP contribution in [0.25, 0.3) is 0 Å². The lowest BCUT2D eigenvalue weighted by molar-refractivity contribution is -0.118. The van der Waals surface area contributed by atoms with E-state index in [1.165, 1.54) is 0 Å². The van der Waals surface area contributed by atoms with Gasteiger partial charge in [-0.05, 0) is 32.1 Å². The van der Waals surface area contributed by atoms with E-state index in [0.717, 1.165) is 55.7 Å². The number of rotatable bonds is 4. The van der Waals surface area contributed by atoms with E-state index in [9.17, 15) is 9.59 Å². The van der Waals surface area contributed by atoms with Crippen LogP contribution in [0.5, 0.6) is 0 Å². The number of aryl methyl sites for hydroxylation is 1. The van der Waals surface area contributed by atoms with Crippen molar-refractivity contribution in [3.8, 4) is 0 Å². The van der Waals surface area contributed by atoms with Gasteiger partial charge < -0.3 is 19.7 Å². The van der Waals surface area contributed by atoms with Crippen molar-refractivity contribution < 1.29 is 14.1 Å². The van der Waals surface area contributed by atoms with Crippen LogP contribution < -0.4 is 5.73 Å². The largest absolute Gasteiger partial charge is 0.368 e. The SMILES string of the molecule is NC(=O)Cn1ccnc1C1CCN(C(=O)c2noc3c2CCCC3)CC1. The molecule has 0 bridgehead atoms. The van der Waals surface area contributed by atoms with Gasteiger partial charge in [0.25, 0.3) is 5.91 Å². The summed E-state index contributed by atoms with van der Waals surface area (Å²) in [5.41, 5.74) is 6.79. The Bertz CT molecular complexity index is 817. The Hall–Kier alpha value is -2.64. The minimum atomic E-state index is -0.382. The zero-order chi connectivity index (χ0) is 18.1. The highest BCUT2D eigenvalue weighted by atomic mass is 16.5. The number of hydrogen-bond donors (Lipinski definition) is 1. The maximum Gasteiger partial charge on any atom is 0.276 e. The molecule has 1 aliphatic carbocycles.